The standard InChI is InChI=1S/C24H19FN6OS/c1-31-22(29-30-24(31)33-14-21-27-19-11-4-5-12-20(19)28-21)15-7-6-8-16(13-15)26-23(32)17-9-2-3-10-18(17)25/h2-13H,14H2,1H3,(H,26,32)(H,27,28). The predicted octanol–water partition coefficient (Wildman–Crippen LogP) is 5.04. The topological polar surface area (TPSA) is 88.5 Å². The first-order chi connectivity index (χ1) is 16.1. The van der Waals surface area contributed by atoms with E-state index in [1.165, 1.54) is 23.9 Å². The lowest BCUT2D eigenvalue weighted by Crippen LogP contribution is -2.13. The molecule has 2 N–H and O–H groups in total. The minimum Gasteiger partial charge on any atom is -0.341 e. The van der Waals surface area contributed by atoms with Crippen molar-refractivity contribution in [1.29, 1.82) is 0 Å². The first-order valence-electron chi connectivity index (χ1n) is 10.2. The molecule has 5 rings (SSSR count). The third-order valence-electron chi connectivity index (χ3n) is 5.11. The van der Waals surface area contributed by atoms with Gasteiger partial charge in [0.1, 0.15) is 11.6 Å². The number of hydrogen-bond donors (Lipinski definition) is 2. The molecular formula is C24H19FN6OS. The van der Waals surface area contributed by atoms with Crippen LogP contribution in [0.5, 0.6) is 0 Å². The molecule has 0 saturated carbocycles. The molecule has 2 aromatic heterocycles. The summed E-state index contributed by atoms with van der Waals surface area (Å²) in [6.45, 7) is 0. The molecule has 0 fully saturated rings. The van der Waals surface area contributed by atoms with Gasteiger partial charge in [-0.3, -0.25) is 4.79 Å². The van der Waals surface area contributed by atoms with Crippen LogP contribution in [0.1, 0.15) is 16.2 Å². The number of hydrogen-bond acceptors (Lipinski definition) is 5. The van der Waals surface area contributed by atoms with E-state index in [-0.39, 0.29) is 5.56 Å². The number of thioether (sulfide) groups is 1. The van der Waals surface area contributed by atoms with Crippen molar-refractivity contribution in [2.24, 2.45) is 7.05 Å². The summed E-state index contributed by atoms with van der Waals surface area (Å²) in [6, 6.07) is 21.0. The zero-order valence-corrected chi connectivity index (χ0v) is 18.4. The molecule has 0 unspecified atom stereocenters. The number of nitrogens with zero attached hydrogens (tertiary/aromatic N) is 4. The van der Waals surface area contributed by atoms with Crippen molar-refractivity contribution < 1.29 is 9.18 Å². The second-order valence-corrected chi connectivity index (χ2v) is 8.31. The van der Waals surface area contributed by atoms with Crippen molar-refractivity contribution >= 4 is 34.4 Å². The number of amides is 1. The van der Waals surface area contributed by atoms with E-state index in [9.17, 15) is 9.18 Å². The number of para-hydroxylation sites is 2. The van der Waals surface area contributed by atoms with Crippen molar-refractivity contribution in [3.63, 3.8) is 0 Å². The normalized spacial score (nSPS) is 11.1. The summed E-state index contributed by atoms with van der Waals surface area (Å²) in [5.41, 5.74) is 3.25. The van der Waals surface area contributed by atoms with Crippen LogP contribution in [-0.4, -0.2) is 30.6 Å². The predicted molar refractivity (Wildman–Crippen MR) is 126 cm³/mol. The molecule has 7 nitrogen and oxygen atoms in total. The quantitative estimate of drug-likeness (QED) is 0.348. The lowest BCUT2D eigenvalue weighted by atomic mass is 10.1. The Morgan fingerprint density at radius 1 is 1.06 bits per heavy atom. The lowest BCUT2D eigenvalue weighted by Gasteiger charge is -2.08. The van der Waals surface area contributed by atoms with E-state index < -0.39 is 11.7 Å². The number of aromatic amines is 1. The van der Waals surface area contributed by atoms with Gasteiger partial charge in [-0.05, 0) is 36.4 Å². The molecule has 0 aliphatic carbocycles. The molecule has 0 atom stereocenters. The Morgan fingerprint density at radius 2 is 1.88 bits per heavy atom. The van der Waals surface area contributed by atoms with Crippen molar-refractivity contribution in [1.82, 2.24) is 24.7 Å². The Labute approximate surface area is 193 Å². The van der Waals surface area contributed by atoms with Crippen LogP contribution in [0.4, 0.5) is 10.1 Å². The van der Waals surface area contributed by atoms with Gasteiger partial charge in [-0.2, -0.15) is 0 Å². The largest absolute Gasteiger partial charge is 0.341 e. The van der Waals surface area contributed by atoms with Crippen LogP contribution >= 0.6 is 11.8 Å². The highest BCUT2D eigenvalue weighted by Gasteiger charge is 2.15. The smallest absolute Gasteiger partial charge is 0.258 e. The number of rotatable bonds is 6. The first kappa shape index (κ1) is 20.9. The molecule has 0 spiro atoms. The summed E-state index contributed by atoms with van der Waals surface area (Å²) >= 11 is 1.53. The second kappa shape index (κ2) is 8.87. The number of nitrogens with one attached hydrogen (secondary N) is 2. The summed E-state index contributed by atoms with van der Waals surface area (Å²) in [5, 5.41) is 12.1. The number of halogens is 1. The second-order valence-electron chi connectivity index (χ2n) is 7.37. The third-order valence-corrected chi connectivity index (χ3v) is 6.14. The van der Waals surface area contributed by atoms with Crippen molar-refractivity contribution in [2.45, 2.75) is 10.9 Å². The fourth-order valence-corrected chi connectivity index (χ4v) is 4.26. The van der Waals surface area contributed by atoms with E-state index in [0.717, 1.165) is 27.6 Å². The number of benzene rings is 3. The van der Waals surface area contributed by atoms with Gasteiger partial charge in [0.2, 0.25) is 0 Å². The van der Waals surface area contributed by atoms with Crippen LogP contribution in [0, 0.1) is 5.82 Å². The van der Waals surface area contributed by atoms with Gasteiger partial charge in [0.15, 0.2) is 11.0 Å². The highest BCUT2D eigenvalue weighted by molar-refractivity contribution is 7.98. The molecule has 0 aliphatic rings. The molecule has 0 bridgehead atoms. The Balaban J connectivity index is 1.32. The number of imidazole rings is 1. The van der Waals surface area contributed by atoms with Crippen LogP contribution < -0.4 is 5.32 Å². The Morgan fingerprint density at radius 3 is 2.73 bits per heavy atom. The highest BCUT2D eigenvalue weighted by Crippen LogP contribution is 2.27. The van der Waals surface area contributed by atoms with Gasteiger partial charge in [-0.15, -0.1) is 10.2 Å². The number of fused-ring (bicyclic) bond motifs is 1. The fourth-order valence-electron chi connectivity index (χ4n) is 3.48. The Kier molecular flexibility index (Phi) is 5.62. The molecule has 1 amide bonds. The van der Waals surface area contributed by atoms with E-state index in [4.69, 9.17) is 0 Å². The molecule has 0 aliphatic heterocycles. The minimum atomic E-state index is -0.564. The molecule has 0 saturated heterocycles. The zero-order valence-electron chi connectivity index (χ0n) is 17.6. The summed E-state index contributed by atoms with van der Waals surface area (Å²) in [5.74, 6) is 1.07. The molecular weight excluding hydrogens is 439 g/mol. The van der Waals surface area contributed by atoms with Crippen LogP contribution in [0.3, 0.4) is 0 Å². The maximum atomic E-state index is 13.9. The van der Waals surface area contributed by atoms with Crippen molar-refractivity contribution in [3.05, 3.63) is 90.0 Å². The SMILES string of the molecule is Cn1c(SCc2nc3ccccc3[nH]2)nnc1-c1cccc(NC(=O)c2ccccc2F)c1. The summed E-state index contributed by atoms with van der Waals surface area (Å²) in [4.78, 5) is 20.3. The summed E-state index contributed by atoms with van der Waals surface area (Å²) in [6.07, 6.45) is 0. The van der Waals surface area contributed by atoms with Gasteiger partial charge < -0.3 is 14.9 Å². The average Bonchev–Trinajstić information content (AvgIpc) is 3.41. The monoisotopic (exact) mass is 458 g/mol. The number of anilines is 1. The van der Waals surface area contributed by atoms with Crippen LogP contribution in [0.25, 0.3) is 22.4 Å². The Bertz CT molecular complexity index is 1430. The molecule has 164 valence electrons. The molecule has 3 aromatic carbocycles. The maximum absolute atomic E-state index is 13.9. The van der Waals surface area contributed by atoms with Crippen LogP contribution in [0.2, 0.25) is 0 Å². The minimum absolute atomic E-state index is 0.00849. The van der Waals surface area contributed by atoms with Crippen LogP contribution in [-0.2, 0) is 12.8 Å². The molecule has 2 heterocycles. The lowest BCUT2D eigenvalue weighted by molar-refractivity contribution is 0.102. The van der Waals surface area contributed by atoms with Gasteiger partial charge in [0, 0.05) is 18.3 Å². The van der Waals surface area contributed by atoms with E-state index in [1.807, 2.05) is 48.0 Å². The first-order valence-corrected chi connectivity index (χ1v) is 11.2. The molecule has 0 radical (unpaired) electrons. The fraction of sp³-hybridized carbons (Fsp3) is 0.0833. The van der Waals surface area contributed by atoms with Crippen molar-refractivity contribution in [3.8, 4) is 11.4 Å². The molecule has 9 heteroatoms. The Hall–Kier alpha value is -3.98. The number of H-pyrrole nitrogens is 1. The average molecular weight is 459 g/mol. The van der Waals surface area contributed by atoms with Gasteiger partial charge in [-0.1, -0.05) is 48.2 Å². The third kappa shape index (κ3) is 4.35. The van der Waals surface area contributed by atoms with Crippen LogP contribution in [0.15, 0.2) is 78.0 Å². The van der Waals surface area contributed by atoms with E-state index in [2.05, 4.69) is 25.5 Å². The number of aromatic nitrogens is 5. The van der Waals surface area contributed by atoms with Gasteiger partial charge in [0.05, 0.1) is 22.3 Å². The van der Waals surface area contributed by atoms with Gasteiger partial charge in [-0.25, -0.2) is 9.37 Å². The highest BCUT2D eigenvalue weighted by atomic mass is 32.2. The van der Waals surface area contributed by atoms with Gasteiger partial charge >= 0.3 is 0 Å². The van der Waals surface area contributed by atoms with Gasteiger partial charge in [0.25, 0.3) is 5.91 Å². The number of carbonyl (C=O) groups excluding carboxylic acids is 1. The molecule has 33 heavy (non-hydrogen) atoms. The van der Waals surface area contributed by atoms with Crippen molar-refractivity contribution in [2.75, 3.05) is 5.32 Å². The summed E-state index contributed by atoms with van der Waals surface area (Å²) in [7, 11) is 1.89. The summed E-state index contributed by atoms with van der Waals surface area (Å²) < 4.78 is 15.8. The zero-order chi connectivity index (χ0) is 22.8. The molecule has 5 aromatic rings. The number of carbonyl (C=O) groups is 1. The van der Waals surface area contributed by atoms with E-state index >= 15 is 0 Å². The van der Waals surface area contributed by atoms with E-state index in [1.54, 1.807) is 24.3 Å². The van der Waals surface area contributed by atoms with E-state index in [0.29, 0.717) is 17.3 Å². The maximum Gasteiger partial charge on any atom is 0.258 e.